The molecule has 1 aromatic rings. The number of carbonyl (C=O) groups is 2. The van der Waals surface area contributed by atoms with E-state index in [2.05, 4.69) is 10.2 Å². The zero-order chi connectivity index (χ0) is 15.6. The highest BCUT2D eigenvalue weighted by molar-refractivity contribution is 5.99. The average molecular weight is 288 g/mol. The molecule has 21 heavy (non-hydrogen) atoms. The van der Waals surface area contributed by atoms with E-state index in [1.807, 2.05) is 39.0 Å². The molecule has 1 amide bonds. The minimum Gasteiger partial charge on any atom is -0.359 e. The molecule has 4 nitrogen and oxygen atoms in total. The number of amides is 1. The van der Waals surface area contributed by atoms with E-state index >= 15 is 0 Å². The van der Waals surface area contributed by atoms with Crippen LogP contribution in [-0.2, 0) is 4.79 Å². The van der Waals surface area contributed by atoms with E-state index in [-0.39, 0.29) is 17.1 Å². The molecule has 1 saturated heterocycles. The number of nitrogens with one attached hydrogen (secondary N) is 1. The van der Waals surface area contributed by atoms with Gasteiger partial charge in [-0.3, -0.25) is 14.5 Å². The Bertz CT molecular complexity index is 568. The predicted molar refractivity (Wildman–Crippen MR) is 83.5 cm³/mol. The average Bonchev–Trinajstić information content (AvgIpc) is 2.80. The van der Waals surface area contributed by atoms with Crippen molar-refractivity contribution in [3.05, 3.63) is 34.9 Å². The van der Waals surface area contributed by atoms with Crippen LogP contribution in [0.15, 0.2) is 18.2 Å². The fraction of sp³-hybridized carbons (Fsp3) is 0.529. The highest BCUT2D eigenvalue weighted by Gasteiger charge is 2.40. The minimum absolute atomic E-state index is 0.0592. The predicted octanol–water partition coefficient (Wildman–Crippen LogP) is 1.94. The molecule has 1 fully saturated rings. The topological polar surface area (TPSA) is 49.4 Å². The highest BCUT2D eigenvalue weighted by atomic mass is 16.2. The van der Waals surface area contributed by atoms with Crippen LogP contribution in [0.2, 0.25) is 0 Å². The third-order valence-electron chi connectivity index (χ3n) is 4.38. The second kappa shape index (κ2) is 5.98. The normalized spacial score (nSPS) is 22.3. The number of hydrogen-bond donors (Lipinski definition) is 1. The number of likely N-dealkylation sites (tertiary alicyclic amines) is 1. The van der Waals surface area contributed by atoms with Crippen molar-refractivity contribution >= 4 is 11.7 Å². The van der Waals surface area contributed by atoms with Crippen molar-refractivity contribution < 1.29 is 9.59 Å². The Kier molecular flexibility index (Phi) is 4.47. The summed E-state index contributed by atoms with van der Waals surface area (Å²) in [5.74, 6) is 0.192. The van der Waals surface area contributed by atoms with Gasteiger partial charge in [0.05, 0.1) is 12.0 Å². The second-order valence-corrected chi connectivity index (χ2v) is 6.34. The van der Waals surface area contributed by atoms with Crippen molar-refractivity contribution in [2.75, 3.05) is 26.7 Å². The quantitative estimate of drug-likeness (QED) is 0.862. The van der Waals surface area contributed by atoms with Crippen LogP contribution in [0.5, 0.6) is 0 Å². The molecule has 1 atom stereocenters. The van der Waals surface area contributed by atoms with E-state index in [9.17, 15) is 9.59 Å². The smallest absolute Gasteiger partial charge is 0.227 e. The Balaban J connectivity index is 2.03. The molecule has 1 aliphatic heterocycles. The standard InChI is InChI=1S/C17H24N2O2/c1-12-5-6-14(13(2)9-12)15(20)10-19-8-7-17(3,11-19)16(21)18-4/h5-6,9H,7-8,10-11H2,1-4H3,(H,18,21). The molecule has 0 saturated carbocycles. The summed E-state index contributed by atoms with van der Waals surface area (Å²) in [4.78, 5) is 26.4. The number of hydrogen-bond acceptors (Lipinski definition) is 3. The summed E-state index contributed by atoms with van der Waals surface area (Å²) in [6.07, 6.45) is 0.798. The summed E-state index contributed by atoms with van der Waals surface area (Å²) in [5.41, 5.74) is 2.59. The Labute approximate surface area is 126 Å². The monoisotopic (exact) mass is 288 g/mol. The first-order valence-corrected chi connectivity index (χ1v) is 7.41. The van der Waals surface area contributed by atoms with Crippen molar-refractivity contribution in [1.29, 1.82) is 0 Å². The lowest BCUT2D eigenvalue weighted by Gasteiger charge is -2.22. The van der Waals surface area contributed by atoms with Gasteiger partial charge >= 0.3 is 0 Å². The maximum atomic E-state index is 12.4. The Morgan fingerprint density at radius 3 is 2.67 bits per heavy atom. The van der Waals surface area contributed by atoms with Gasteiger partial charge in [0.1, 0.15) is 0 Å². The van der Waals surface area contributed by atoms with Gasteiger partial charge in [-0.25, -0.2) is 0 Å². The summed E-state index contributed by atoms with van der Waals surface area (Å²) >= 11 is 0. The van der Waals surface area contributed by atoms with E-state index < -0.39 is 0 Å². The van der Waals surface area contributed by atoms with Gasteiger partial charge in [0.25, 0.3) is 0 Å². The highest BCUT2D eigenvalue weighted by Crippen LogP contribution is 2.30. The Morgan fingerprint density at radius 1 is 1.33 bits per heavy atom. The lowest BCUT2D eigenvalue weighted by atomic mass is 9.89. The SMILES string of the molecule is CNC(=O)C1(C)CCN(CC(=O)c2ccc(C)cc2C)C1. The molecular weight excluding hydrogens is 264 g/mol. The van der Waals surface area contributed by atoms with Gasteiger partial charge in [-0.15, -0.1) is 0 Å². The van der Waals surface area contributed by atoms with Crippen LogP contribution in [0.1, 0.15) is 34.8 Å². The van der Waals surface area contributed by atoms with Gasteiger partial charge in [-0.05, 0) is 39.3 Å². The number of ketones is 1. The Hall–Kier alpha value is -1.68. The number of benzene rings is 1. The van der Waals surface area contributed by atoms with Gasteiger partial charge in [0.15, 0.2) is 5.78 Å². The third kappa shape index (κ3) is 3.32. The van der Waals surface area contributed by atoms with Crippen LogP contribution in [0.25, 0.3) is 0 Å². The zero-order valence-corrected chi connectivity index (χ0v) is 13.3. The first-order valence-electron chi connectivity index (χ1n) is 7.41. The molecule has 4 heteroatoms. The van der Waals surface area contributed by atoms with Crippen LogP contribution in [-0.4, -0.2) is 43.3 Å². The van der Waals surface area contributed by atoms with Gasteiger partial charge in [-0.2, -0.15) is 0 Å². The molecule has 0 radical (unpaired) electrons. The first kappa shape index (κ1) is 15.7. The number of nitrogens with zero attached hydrogens (tertiary/aromatic N) is 1. The van der Waals surface area contributed by atoms with E-state index in [1.54, 1.807) is 7.05 Å². The van der Waals surface area contributed by atoms with Gasteiger partial charge in [0.2, 0.25) is 5.91 Å². The van der Waals surface area contributed by atoms with Crippen molar-refractivity contribution in [1.82, 2.24) is 10.2 Å². The second-order valence-electron chi connectivity index (χ2n) is 6.34. The van der Waals surface area contributed by atoms with E-state index in [4.69, 9.17) is 0 Å². The van der Waals surface area contributed by atoms with Crippen molar-refractivity contribution in [2.24, 2.45) is 5.41 Å². The van der Waals surface area contributed by atoms with Crippen molar-refractivity contribution in [3.8, 4) is 0 Å². The number of aryl methyl sites for hydroxylation is 2. The van der Waals surface area contributed by atoms with Gasteiger partial charge < -0.3 is 5.32 Å². The molecule has 1 heterocycles. The molecule has 1 N–H and O–H groups in total. The summed E-state index contributed by atoms with van der Waals surface area (Å²) in [7, 11) is 1.66. The van der Waals surface area contributed by atoms with E-state index in [1.165, 1.54) is 0 Å². The summed E-state index contributed by atoms with van der Waals surface area (Å²) in [5, 5.41) is 2.72. The maximum Gasteiger partial charge on any atom is 0.227 e. The molecule has 0 aromatic heterocycles. The number of carbonyl (C=O) groups excluding carboxylic acids is 2. The van der Waals surface area contributed by atoms with Crippen LogP contribution < -0.4 is 5.32 Å². The van der Waals surface area contributed by atoms with Crippen LogP contribution >= 0.6 is 0 Å². The summed E-state index contributed by atoms with van der Waals surface area (Å²) in [6, 6.07) is 5.91. The molecular formula is C17H24N2O2. The van der Waals surface area contributed by atoms with E-state index in [0.29, 0.717) is 13.1 Å². The first-order chi connectivity index (χ1) is 9.85. The molecule has 2 rings (SSSR count). The summed E-state index contributed by atoms with van der Waals surface area (Å²) < 4.78 is 0. The lowest BCUT2D eigenvalue weighted by molar-refractivity contribution is -0.129. The van der Waals surface area contributed by atoms with Crippen LogP contribution in [0, 0.1) is 19.3 Å². The molecule has 0 bridgehead atoms. The van der Waals surface area contributed by atoms with E-state index in [0.717, 1.165) is 29.7 Å². The summed E-state index contributed by atoms with van der Waals surface area (Å²) in [6.45, 7) is 7.78. The van der Waals surface area contributed by atoms with Gasteiger partial charge in [-0.1, -0.05) is 23.8 Å². The maximum absolute atomic E-state index is 12.4. The fourth-order valence-corrected chi connectivity index (χ4v) is 3.09. The van der Waals surface area contributed by atoms with Crippen LogP contribution in [0.4, 0.5) is 0 Å². The molecule has 0 aliphatic carbocycles. The Morgan fingerprint density at radius 2 is 2.05 bits per heavy atom. The van der Waals surface area contributed by atoms with Crippen molar-refractivity contribution in [3.63, 3.8) is 0 Å². The lowest BCUT2D eigenvalue weighted by Crippen LogP contribution is -2.40. The minimum atomic E-state index is -0.378. The molecule has 114 valence electrons. The molecule has 0 spiro atoms. The fourth-order valence-electron chi connectivity index (χ4n) is 3.09. The largest absolute Gasteiger partial charge is 0.359 e. The molecule has 1 aromatic carbocycles. The molecule has 1 unspecified atom stereocenters. The van der Waals surface area contributed by atoms with Crippen molar-refractivity contribution in [2.45, 2.75) is 27.2 Å². The zero-order valence-electron chi connectivity index (χ0n) is 13.3. The third-order valence-corrected chi connectivity index (χ3v) is 4.38. The van der Waals surface area contributed by atoms with Crippen LogP contribution in [0.3, 0.4) is 0 Å². The number of rotatable bonds is 4. The molecule has 1 aliphatic rings. The number of Topliss-reactive ketones (excluding diaryl/α,β-unsaturated/α-hetero) is 1. The van der Waals surface area contributed by atoms with Gasteiger partial charge in [0, 0.05) is 19.2 Å².